The Morgan fingerprint density at radius 2 is 2.25 bits per heavy atom. The molecule has 2 aliphatic heterocycles. The van der Waals surface area contributed by atoms with Crippen molar-refractivity contribution in [2.24, 2.45) is 0 Å². The van der Waals surface area contributed by atoms with Crippen LogP contribution in [0.25, 0.3) is 0 Å². The van der Waals surface area contributed by atoms with E-state index < -0.39 is 5.54 Å². The highest BCUT2D eigenvalue weighted by molar-refractivity contribution is 5.86. The second-order valence-electron chi connectivity index (χ2n) is 5.26. The summed E-state index contributed by atoms with van der Waals surface area (Å²) in [5, 5.41) is 12.9. The minimum atomic E-state index is -0.394. The summed E-state index contributed by atoms with van der Waals surface area (Å²) >= 11 is 0. The summed E-state index contributed by atoms with van der Waals surface area (Å²) in [5.74, 6) is 0.172. The van der Waals surface area contributed by atoms with Crippen molar-refractivity contribution in [3.63, 3.8) is 0 Å². The number of carbonyl (C=O) groups excluding carboxylic acids is 1. The van der Waals surface area contributed by atoms with E-state index in [0.29, 0.717) is 6.54 Å². The molecule has 0 aromatic rings. The van der Waals surface area contributed by atoms with Gasteiger partial charge in [-0.25, -0.2) is 0 Å². The smallest absolute Gasteiger partial charge is 0.242 e. The van der Waals surface area contributed by atoms with Gasteiger partial charge in [0.15, 0.2) is 0 Å². The van der Waals surface area contributed by atoms with Crippen LogP contribution in [0.4, 0.5) is 0 Å². The highest BCUT2D eigenvalue weighted by Gasteiger charge is 2.38. The molecule has 0 radical (unpaired) electrons. The summed E-state index contributed by atoms with van der Waals surface area (Å²) in [6.07, 6.45) is 4.61. The molecule has 0 aliphatic carbocycles. The van der Waals surface area contributed by atoms with Gasteiger partial charge in [0.1, 0.15) is 0 Å². The number of aliphatic hydroxyl groups excluding tert-OH is 1. The minimum absolute atomic E-state index is 0.172. The molecule has 16 heavy (non-hydrogen) atoms. The van der Waals surface area contributed by atoms with Crippen molar-refractivity contribution in [3.05, 3.63) is 0 Å². The number of aliphatic hydroxyl groups is 1. The zero-order valence-electron chi connectivity index (χ0n) is 10.0. The number of amides is 1. The van der Waals surface area contributed by atoms with Crippen LogP contribution >= 0.6 is 0 Å². The van der Waals surface area contributed by atoms with Crippen molar-refractivity contribution >= 4 is 5.91 Å². The molecule has 2 heterocycles. The van der Waals surface area contributed by atoms with Gasteiger partial charge in [-0.3, -0.25) is 4.79 Å². The van der Waals surface area contributed by atoms with Gasteiger partial charge in [-0.15, -0.1) is 0 Å². The maximum Gasteiger partial charge on any atom is 0.242 e. The molecule has 2 atom stereocenters. The molecule has 2 saturated heterocycles. The highest BCUT2D eigenvalue weighted by Crippen LogP contribution is 2.23. The van der Waals surface area contributed by atoms with Crippen molar-refractivity contribution in [2.75, 3.05) is 19.6 Å². The molecular formula is C12H22N2O2. The number of nitrogens with one attached hydrogen (secondary N) is 1. The predicted molar refractivity (Wildman–Crippen MR) is 62.1 cm³/mol. The van der Waals surface area contributed by atoms with Crippen LogP contribution in [-0.4, -0.2) is 47.2 Å². The van der Waals surface area contributed by atoms with Crippen LogP contribution in [0.1, 0.15) is 39.0 Å². The first-order valence-electron chi connectivity index (χ1n) is 6.34. The van der Waals surface area contributed by atoms with Crippen molar-refractivity contribution < 1.29 is 9.90 Å². The third-order valence-electron chi connectivity index (χ3n) is 3.77. The van der Waals surface area contributed by atoms with Gasteiger partial charge in [-0.2, -0.15) is 0 Å². The minimum Gasteiger partial charge on any atom is -0.391 e. The van der Waals surface area contributed by atoms with Gasteiger partial charge in [0, 0.05) is 13.1 Å². The SMILES string of the molecule is CC1(C(=O)N2CCC[C@H](O)C2)CCCCN1. The molecule has 4 heteroatoms. The fraction of sp³-hybridized carbons (Fsp3) is 0.917. The highest BCUT2D eigenvalue weighted by atomic mass is 16.3. The molecule has 2 N–H and O–H groups in total. The Hall–Kier alpha value is -0.610. The van der Waals surface area contributed by atoms with E-state index in [9.17, 15) is 9.90 Å². The van der Waals surface area contributed by atoms with E-state index in [2.05, 4.69) is 5.32 Å². The van der Waals surface area contributed by atoms with Crippen LogP contribution < -0.4 is 5.32 Å². The fourth-order valence-electron chi connectivity index (χ4n) is 2.73. The summed E-state index contributed by atoms with van der Waals surface area (Å²) in [5.41, 5.74) is -0.394. The largest absolute Gasteiger partial charge is 0.391 e. The summed E-state index contributed by atoms with van der Waals surface area (Å²) in [7, 11) is 0. The third-order valence-corrected chi connectivity index (χ3v) is 3.77. The van der Waals surface area contributed by atoms with Crippen molar-refractivity contribution in [1.82, 2.24) is 10.2 Å². The molecule has 0 aromatic heterocycles. The molecule has 2 rings (SSSR count). The van der Waals surface area contributed by atoms with Crippen molar-refractivity contribution in [1.29, 1.82) is 0 Å². The third kappa shape index (κ3) is 2.38. The summed E-state index contributed by atoms with van der Waals surface area (Å²) < 4.78 is 0. The van der Waals surface area contributed by atoms with Gasteiger partial charge in [0.25, 0.3) is 0 Å². The lowest BCUT2D eigenvalue weighted by atomic mass is 9.89. The average Bonchev–Trinajstić information content (AvgIpc) is 2.29. The van der Waals surface area contributed by atoms with E-state index in [4.69, 9.17) is 0 Å². The molecule has 2 fully saturated rings. The van der Waals surface area contributed by atoms with E-state index in [1.807, 2.05) is 11.8 Å². The van der Waals surface area contributed by atoms with E-state index in [0.717, 1.165) is 45.2 Å². The lowest BCUT2D eigenvalue weighted by molar-refractivity contribution is -0.141. The van der Waals surface area contributed by atoms with Crippen LogP contribution in [-0.2, 0) is 4.79 Å². The second-order valence-corrected chi connectivity index (χ2v) is 5.26. The van der Waals surface area contributed by atoms with Crippen LogP contribution in [0.2, 0.25) is 0 Å². The van der Waals surface area contributed by atoms with Crippen LogP contribution in [0.5, 0.6) is 0 Å². The standard InChI is InChI=1S/C12H22N2O2/c1-12(6-2-3-7-13-12)11(16)14-8-4-5-10(15)9-14/h10,13,15H,2-9H2,1H3/t10-,12?/m0/s1. The first kappa shape index (κ1) is 11.9. The van der Waals surface area contributed by atoms with E-state index in [-0.39, 0.29) is 12.0 Å². The van der Waals surface area contributed by atoms with Gasteiger partial charge < -0.3 is 15.3 Å². The summed E-state index contributed by atoms with van der Waals surface area (Å²) in [4.78, 5) is 14.2. The zero-order valence-corrected chi connectivity index (χ0v) is 10.0. The number of hydrogen-bond acceptors (Lipinski definition) is 3. The van der Waals surface area contributed by atoms with Gasteiger partial charge in [0.2, 0.25) is 5.91 Å². The lowest BCUT2D eigenvalue weighted by Crippen LogP contribution is -2.59. The number of nitrogens with zero attached hydrogens (tertiary/aromatic N) is 1. The summed E-state index contributed by atoms with van der Waals surface area (Å²) in [6, 6.07) is 0. The Bertz CT molecular complexity index is 262. The Labute approximate surface area is 97.0 Å². The average molecular weight is 226 g/mol. The van der Waals surface area contributed by atoms with Gasteiger partial charge in [0.05, 0.1) is 11.6 Å². The van der Waals surface area contributed by atoms with E-state index in [1.54, 1.807) is 0 Å². The molecule has 0 bridgehead atoms. The maximum atomic E-state index is 12.4. The quantitative estimate of drug-likeness (QED) is 0.684. The molecule has 2 aliphatic rings. The normalized spacial score (nSPS) is 36.1. The van der Waals surface area contributed by atoms with Crippen LogP contribution in [0.15, 0.2) is 0 Å². The zero-order chi connectivity index (χ0) is 11.6. The Kier molecular flexibility index (Phi) is 3.50. The van der Waals surface area contributed by atoms with Gasteiger partial charge >= 0.3 is 0 Å². The van der Waals surface area contributed by atoms with E-state index in [1.165, 1.54) is 0 Å². The second kappa shape index (κ2) is 4.72. The number of β-amino-alcohol motifs (C(OH)–C–C–N with tert-alkyl or cyclic N) is 1. The van der Waals surface area contributed by atoms with Crippen molar-refractivity contribution in [2.45, 2.75) is 50.7 Å². The Morgan fingerprint density at radius 3 is 2.88 bits per heavy atom. The number of carbonyl (C=O) groups is 1. The molecule has 0 saturated carbocycles. The molecule has 0 aromatic carbocycles. The fourth-order valence-corrected chi connectivity index (χ4v) is 2.73. The monoisotopic (exact) mass is 226 g/mol. The van der Waals surface area contributed by atoms with Crippen LogP contribution in [0, 0.1) is 0 Å². The van der Waals surface area contributed by atoms with Gasteiger partial charge in [-0.05, 0) is 45.6 Å². The molecule has 1 unspecified atom stereocenters. The molecule has 4 nitrogen and oxygen atoms in total. The molecule has 0 spiro atoms. The number of likely N-dealkylation sites (tertiary alicyclic amines) is 1. The molecule has 1 amide bonds. The number of rotatable bonds is 1. The first-order valence-corrected chi connectivity index (χ1v) is 6.34. The topological polar surface area (TPSA) is 52.6 Å². The van der Waals surface area contributed by atoms with E-state index >= 15 is 0 Å². The van der Waals surface area contributed by atoms with Crippen molar-refractivity contribution in [3.8, 4) is 0 Å². The van der Waals surface area contributed by atoms with Gasteiger partial charge in [-0.1, -0.05) is 0 Å². The van der Waals surface area contributed by atoms with Crippen LogP contribution in [0.3, 0.4) is 0 Å². The Morgan fingerprint density at radius 1 is 1.44 bits per heavy atom. The lowest BCUT2D eigenvalue weighted by Gasteiger charge is -2.40. The Balaban J connectivity index is 1.99. The predicted octanol–water partition coefficient (Wildman–Crippen LogP) is 0.502. The first-order chi connectivity index (χ1) is 7.62. The number of hydrogen-bond donors (Lipinski definition) is 2. The maximum absolute atomic E-state index is 12.4. The molecule has 92 valence electrons. The molecular weight excluding hydrogens is 204 g/mol. The summed E-state index contributed by atoms with van der Waals surface area (Å²) in [6.45, 7) is 4.23. The number of piperidine rings is 2.